The van der Waals surface area contributed by atoms with Crippen molar-refractivity contribution < 1.29 is 14.1 Å². The molecule has 0 unspecified atom stereocenters. The van der Waals surface area contributed by atoms with Crippen LogP contribution in [0.15, 0.2) is 30.3 Å². The Morgan fingerprint density at radius 2 is 2.14 bits per heavy atom. The maximum atomic E-state index is 13.5. The van der Waals surface area contributed by atoms with Crippen molar-refractivity contribution in [3.8, 4) is 11.6 Å². The topological polar surface area (TPSA) is 77.3 Å². The van der Waals surface area contributed by atoms with E-state index < -0.39 is 10.7 Å². The maximum absolute atomic E-state index is 13.5. The minimum atomic E-state index is -0.595. The number of hydrogen-bond acceptors (Lipinski definition) is 5. The van der Waals surface area contributed by atoms with Gasteiger partial charge in [0, 0.05) is 18.7 Å². The molecule has 0 aliphatic rings. The van der Waals surface area contributed by atoms with E-state index in [9.17, 15) is 14.5 Å². The van der Waals surface area contributed by atoms with Crippen LogP contribution < -0.4 is 10.1 Å². The Hall–Kier alpha value is -2.70. The Labute approximate surface area is 120 Å². The number of rotatable bonds is 5. The molecule has 1 aromatic heterocycles. The molecule has 7 heteroatoms. The summed E-state index contributed by atoms with van der Waals surface area (Å²) in [6, 6.07) is 7.02. The molecular weight excluding hydrogens is 277 g/mol. The van der Waals surface area contributed by atoms with Crippen molar-refractivity contribution in [3.63, 3.8) is 0 Å². The second kappa shape index (κ2) is 6.17. The van der Waals surface area contributed by atoms with Gasteiger partial charge in [-0.3, -0.25) is 10.1 Å². The molecule has 1 N–H and O–H groups in total. The largest absolute Gasteiger partial charge is 0.434 e. The minimum Gasteiger partial charge on any atom is -0.434 e. The van der Waals surface area contributed by atoms with Gasteiger partial charge in [-0.15, -0.1) is 0 Å². The number of nitro groups is 1. The fourth-order valence-corrected chi connectivity index (χ4v) is 1.68. The molecule has 0 fully saturated rings. The minimum absolute atomic E-state index is 0.155. The van der Waals surface area contributed by atoms with Crippen molar-refractivity contribution in [3.05, 3.63) is 51.8 Å². The standard InChI is InChI=1S/C14H14FN3O3/c1-3-16-13-7-6-12(18(19)20)14(17-13)21-10-5-4-9(2)11(15)8-10/h4-8H,3H2,1-2H3,(H,16,17). The van der Waals surface area contributed by atoms with Crippen LogP contribution in [0.4, 0.5) is 15.9 Å². The number of halogens is 1. The summed E-state index contributed by atoms with van der Waals surface area (Å²) < 4.78 is 18.9. The number of anilines is 1. The second-order valence-electron chi connectivity index (χ2n) is 4.32. The van der Waals surface area contributed by atoms with Crippen molar-refractivity contribution in [1.82, 2.24) is 4.98 Å². The highest BCUT2D eigenvalue weighted by Crippen LogP contribution is 2.31. The van der Waals surface area contributed by atoms with Gasteiger partial charge in [-0.05, 0) is 31.5 Å². The molecule has 2 rings (SSSR count). The van der Waals surface area contributed by atoms with Crippen molar-refractivity contribution in [2.24, 2.45) is 0 Å². The fourth-order valence-electron chi connectivity index (χ4n) is 1.68. The SMILES string of the molecule is CCNc1ccc([N+](=O)[O-])c(Oc2ccc(C)c(F)c2)n1. The number of pyridine rings is 1. The van der Waals surface area contributed by atoms with Crippen LogP contribution in [0.25, 0.3) is 0 Å². The van der Waals surface area contributed by atoms with Gasteiger partial charge in [-0.2, -0.15) is 4.98 Å². The molecule has 0 atom stereocenters. The van der Waals surface area contributed by atoms with Gasteiger partial charge in [-0.1, -0.05) is 6.07 Å². The first kappa shape index (κ1) is 14.7. The summed E-state index contributed by atoms with van der Waals surface area (Å²) in [6.07, 6.45) is 0. The van der Waals surface area contributed by atoms with Crippen LogP contribution in [0.1, 0.15) is 12.5 Å². The quantitative estimate of drug-likeness (QED) is 0.672. The van der Waals surface area contributed by atoms with E-state index in [1.807, 2.05) is 6.92 Å². The summed E-state index contributed by atoms with van der Waals surface area (Å²) in [6.45, 7) is 4.11. The number of nitrogens with one attached hydrogen (secondary N) is 1. The van der Waals surface area contributed by atoms with Crippen molar-refractivity contribution >= 4 is 11.5 Å². The van der Waals surface area contributed by atoms with Gasteiger partial charge in [0.1, 0.15) is 17.4 Å². The summed E-state index contributed by atoms with van der Waals surface area (Å²) in [5, 5.41) is 13.9. The lowest BCUT2D eigenvalue weighted by Crippen LogP contribution is -2.02. The molecule has 0 radical (unpaired) electrons. The second-order valence-corrected chi connectivity index (χ2v) is 4.32. The van der Waals surface area contributed by atoms with Crippen LogP contribution in [0.2, 0.25) is 0 Å². The summed E-state index contributed by atoms with van der Waals surface area (Å²) in [4.78, 5) is 14.4. The van der Waals surface area contributed by atoms with E-state index >= 15 is 0 Å². The summed E-state index contributed by atoms with van der Waals surface area (Å²) in [7, 11) is 0. The smallest absolute Gasteiger partial charge is 0.331 e. The lowest BCUT2D eigenvalue weighted by molar-refractivity contribution is -0.386. The Morgan fingerprint density at radius 3 is 2.76 bits per heavy atom. The number of aryl methyl sites for hydroxylation is 1. The van der Waals surface area contributed by atoms with E-state index in [0.29, 0.717) is 17.9 Å². The third kappa shape index (κ3) is 3.44. The Morgan fingerprint density at radius 1 is 1.38 bits per heavy atom. The molecule has 2 aromatic rings. The predicted octanol–water partition coefficient (Wildman–Crippen LogP) is 3.66. The van der Waals surface area contributed by atoms with Crippen molar-refractivity contribution in [1.29, 1.82) is 0 Å². The van der Waals surface area contributed by atoms with Gasteiger partial charge < -0.3 is 10.1 Å². The first-order valence-electron chi connectivity index (χ1n) is 6.34. The lowest BCUT2D eigenvalue weighted by Gasteiger charge is -2.08. The van der Waals surface area contributed by atoms with Gasteiger partial charge in [0.25, 0.3) is 0 Å². The molecule has 6 nitrogen and oxygen atoms in total. The molecular formula is C14H14FN3O3. The molecule has 0 bridgehead atoms. The molecule has 110 valence electrons. The number of nitrogens with zero attached hydrogens (tertiary/aromatic N) is 2. The predicted molar refractivity (Wildman–Crippen MR) is 76.3 cm³/mol. The zero-order chi connectivity index (χ0) is 15.4. The third-order valence-corrected chi connectivity index (χ3v) is 2.75. The summed E-state index contributed by atoms with van der Waals surface area (Å²) in [5.74, 6) is -0.0206. The molecule has 0 aliphatic heterocycles. The first-order chi connectivity index (χ1) is 10.0. The fraction of sp³-hybridized carbons (Fsp3) is 0.214. The van der Waals surface area contributed by atoms with Gasteiger partial charge in [0.05, 0.1) is 4.92 Å². The van der Waals surface area contributed by atoms with E-state index in [2.05, 4.69) is 10.3 Å². The summed E-state index contributed by atoms with van der Waals surface area (Å²) >= 11 is 0. The number of ether oxygens (including phenoxy) is 1. The molecule has 0 spiro atoms. The van der Waals surface area contributed by atoms with E-state index in [1.165, 1.54) is 30.3 Å². The van der Waals surface area contributed by atoms with Gasteiger partial charge >= 0.3 is 11.6 Å². The van der Waals surface area contributed by atoms with Crippen LogP contribution in [-0.4, -0.2) is 16.5 Å². The normalized spacial score (nSPS) is 10.2. The van der Waals surface area contributed by atoms with Crippen LogP contribution >= 0.6 is 0 Å². The lowest BCUT2D eigenvalue weighted by atomic mass is 10.2. The monoisotopic (exact) mass is 291 g/mol. The Bertz CT molecular complexity index is 677. The molecule has 0 saturated carbocycles. The van der Waals surface area contributed by atoms with Crippen LogP contribution in [0, 0.1) is 22.9 Å². The zero-order valence-corrected chi connectivity index (χ0v) is 11.6. The highest BCUT2D eigenvalue weighted by molar-refractivity contribution is 5.50. The Balaban J connectivity index is 2.37. The van der Waals surface area contributed by atoms with Gasteiger partial charge in [0.2, 0.25) is 0 Å². The Kier molecular flexibility index (Phi) is 4.32. The highest BCUT2D eigenvalue weighted by Gasteiger charge is 2.18. The van der Waals surface area contributed by atoms with Crippen LogP contribution in [0.5, 0.6) is 11.6 Å². The first-order valence-corrected chi connectivity index (χ1v) is 6.34. The van der Waals surface area contributed by atoms with E-state index in [-0.39, 0.29) is 17.3 Å². The van der Waals surface area contributed by atoms with Gasteiger partial charge in [-0.25, -0.2) is 4.39 Å². The van der Waals surface area contributed by atoms with Crippen LogP contribution in [-0.2, 0) is 0 Å². The van der Waals surface area contributed by atoms with E-state index in [4.69, 9.17) is 4.74 Å². The van der Waals surface area contributed by atoms with E-state index in [0.717, 1.165) is 0 Å². The molecule has 21 heavy (non-hydrogen) atoms. The van der Waals surface area contributed by atoms with Crippen molar-refractivity contribution in [2.75, 3.05) is 11.9 Å². The average molecular weight is 291 g/mol. The molecule has 0 saturated heterocycles. The van der Waals surface area contributed by atoms with E-state index in [1.54, 1.807) is 6.92 Å². The molecule has 1 aromatic carbocycles. The molecule has 0 amide bonds. The average Bonchev–Trinajstić information content (AvgIpc) is 2.43. The third-order valence-electron chi connectivity index (χ3n) is 2.75. The van der Waals surface area contributed by atoms with Crippen LogP contribution in [0.3, 0.4) is 0 Å². The zero-order valence-electron chi connectivity index (χ0n) is 11.6. The number of aromatic nitrogens is 1. The molecule has 1 heterocycles. The molecule has 0 aliphatic carbocycles. The number of benzene rings is 1. The maximum Gasteiger partial charge on any atom is 0.331 e. The van der Waals surface area contributed by atoms with Gasteiger partial charge in [0.15, 0.2) is 0 Å². The highest BCUT2D eigenvalue weighted by atomic mass is 19.1. The van der Waals surface area contributed by atoms with Crippen molar-refractivity contribution in [2.45, 2.75) is 13.8 Å². The number of hydrogen-bond donors (Lipinski definition) is 1. The summed E-state index contributed by atoms with van der Waals surface area (Å²) in [5.41, 5.74) is 0.184.